The van der Waals surface area contributed by atoms with Crippen LogP contribution in [0.5, 0.6) is 0 Å². The van der Waals surface area contributed by atoms with Crippen LogP contribution in [-0.4, -0.2) is 62.9 Å². The second-order valence-corrected chi connectivity index (χ2v) is 4.03. The summed E-state index contributed by atoms with van der Waals surface area (Å²) in [5.74, 6) is 0.0673. The van der Waals surface area contributed by atoms with Crippen LogP contribution in [0.4, 0.5) is 0 Å². The summed E-state index contributed by atoms with van der Waals surface area (Å²) < 4.78 is 10.7. The van der Waals surface area contributed by atoms with Gasteiger partial charge in [-0.15, -0.1) is 0 Å². The van der Waals surface area contributed by atoms with Gasteiger partial charge < -0.3 is 19.7 Å². The minimum Gasteiger partial charge on any atom is -0.379 e. The third-order valence-corrected chi connectivity index (χ3v) is 3.00. The van der Waals surface area contributed by atoms with Crippen LogP contribution in [0.2, 0.25) is 0 Å². The fourth-order valence-corrected chi connectivity index (χ4v) is 1.96. The van der Waals surface area contributed by atoms with E-state index in [0.29, 0.717) is 19.8 Å². The molecule has 0 aromatic heterocycles. The fraction of sp³-hybridized carbons (Fsp3) is 0.900. The zero-order valence-corrected chi connectivity index (χ0v) is 9.07. The first-order valence-electron chi connectivity index (χ1n) is 5.46. The van der Waals surface area contributed by atoms with E-state index in [1.807, 2.05) is 7.05 Å². The number of hydrogen-bond donors (Lipinski definition) is 1. The second kappa shape index (κ2) is 4.92. The van der Waals surface area contributed by atoms with Gasteiger partial charge in [0.25, 0.3) is 5.91 Å². The molecule has 2 fully saturated rings. The van der Waals surface area contributed by atoms with E-state index in [-0.39, 0.29) is 18.1 Å². The molecule has 2 aliphatic heterocycles. The van der Waals surface area contributed by atoms with E-state index in [2.05, 4.69) is 5.32 Å². The summed E-state index contributed by atoms with van der Waals surface area (Å²) in [6.07, 6.45) is 0.618. The summed E-state index contributed by atoms with van der Waals surface area (Å²) in [5.41, 5.74) is 0. The standard InChI is InChI=1S/C10H18N2O3/c1-12(8-2-4-14-7-8)10(13)9-6-11-3-5-15-9/h8-9,11H,2-7H2,1H3. The van der Waals surface area contributed by atoms with Crippen LogP contribution in [-0.2, 0) is 14.3 Å². The van der Waals surface area contributed by atoms with Crippen LogP contribution in [0.15, 0.2) is 0 Å². The first kappa shape index (κ1) is 10.9. The SMILES string of the molecule is CN(C(=O)C1CNCCO1)C1CCOC1. The number of carbonyl (C=O) groups excluding carboxylic acids is 1. The zero-order valence-electron chi connectivity index (χ0n) is 9.07. The summed E-state index contributed by atoms with van der Waals surface area (Å²) in [4.78, 5) is 13.8. The Bertz CT molecular complexity index is 223. The van der Waals surface area contributed by atoms with Gasteiger partial charge in [-0.2, -0.15) is 0 Å². The summed E-state index contributed by atoms with van der Waals surface area (Å²) >= 11 is 0. The third kappa shape index (κ3) is 2.48. The maximum atomic E-state index is 12.0. The summed E-state index contributed by atoms with van der Waals surface area (Å²) in [7, 11) is 1.83. The van der Waals surface area contributed by atoms with Gasteiger partial charge in [0.15, 0.2) is 0 Å². The maximum absolute atomic E-state index is 12.0. The lowest BCUT2D eigenvalue weighted by molar-refractivity contribution is -0.146. The van der Waals surface area contributed by atoms with E-state index < -0.39 is 0 Å². The fourth-order valence-electron chi connectivity index (χ4n) is 1.96. The highest BCUT2D eigenvalue weighted by Crippen LogP contribution is 2.13. The van der Waals surface area contributed by atoms with Gasteiger partial charge in [-0.25, -0.2) is 0 Å². The van der Waals surface area contributed by atoms with E-state index in [0.717, 1.165) is 19.6 Å². The van der Waals surface area contributed by atoms with Crippen molar-refractivity contribution in [2.45, 2.75) is 18.6 Å². The Hall–Kier alpha value is -0.650. The highest BCUT2D eigenvalue weighted by Gasteiger charge is 2.30. The molecule has 5 nitrogen and oxygen atoms in total. The second-order valence-electron chi connectivity index (χ2n) is 4.03. The maximum Gasteiger partial charge on any atom is 0.253 e. The quantitative estimate of drug-likeness (QED) is 0.655. The van der Waals surface area contributed by atoms with E-state index in [4.69, 9.17) is 9.47 Å². The highest BCUT2D eigenvalue weighted by molar-refractivity contribution is 5.81. The predicted molar refractivity (Wildman–Crippen MR) is 54.6 cm³/mol. The van der Waals surface area contributed by atoms with Gasteiger partial charge in [-0.05, 0) is 6.42 Å². The van der Waals surface area contributed by atoms with Gasteiger partial charge in [-0.1, -0.05) is 0 Å². The van der Waals surface area contributed by atoms with E-state index in [1.165, 1.54) is 0 Å². The Morgan fingerprint density at radius 2 is 2.33 bits per heavy atom. The number of morpholine rings is 1. The Morgan fingerprint density at radius 3 is 2.93 bits per heavy atom. The van der Waals surface area contributed by atoms with Gasteiger partial charge in [0.05, 0.1) is 19.3 Å². The Labute approximate surface area is 89.7 Å². The van der Waals surface area contributed by atoms with E-state index in [1.54, 1.807) is 4.90 Å². The normalized spacial score (nSPS) is 31.5. The van der Waals surface area contributed by atoms with Crippen LogP contribution in [0, 0.1) is 0 Å². The lowest BCUT2D eigenvalue weighted by Gasteiger charge is -2.30. The van der Waals surface area contributed by atoms with Crippen molar-refractivity contribution < 1.29 is 14.3 Å². The topological polar surface area (TPSA) is 50.8 Å². The van der Waals surface area contributed by atoms with Crippen molar-refractivity contribution in [2.75, 3.05) is 40.0 Å². The lowest BCUT2D eigenvalue weighted by Crippen LogP contribution is -2.51. The largest absolute Gasteiger partial charge is 0.379 e. The first-order valence-corrected chi connectivity index (χ1v) is 5.46. The smallest absolute Gasteiger partial charge is 0.253 e. The molecule has 0 saturated carbocycles. The Morgan fingerprint density at radius 1 is 1.47 bits per heavy atom. The molecular formula is C10H18N2O3. The number of ether oxygens (including phenoxy) is 2. The average Bonchev–Trinajstić information content (AvgIpc) is 2.82. The minimum absolute atomic E-state index is 0.0673. The van der Waals surface area contributed by atoms with Crippen molar-refractivity contribution in [2.24, 2.45) is 0 Å². The minimum atomic E-state index is -0.315. The highest BCUT2D eigenvalue weighted by atomic mass is 16.5. The molecule has 2 unspecified atom stereocenters. The molecule has 0 aliphatic carbocycles. The summed E-state index contributed by atoms with van der Waals surface area (Å²) in [6.45, 7) is 3.48. The van der Waals surface area contributed by atoms with Gasteiger partial charge in [-0.3, -0.25) is 4.79 Å². The molecule has 15 heavy (non-hydrogen) atoms. The molecular weight excluding hydrogens is 196 g/mol. The molecule has 0 radical (unpaired) electrons. The summed E-state index contributed by atoms with van der Waals surface area (Å²) in [6, 6.07) is 0.225. The van der Waals surface area contributed by atoms with Crippen LogP contribution < -0.4 is 5.32 Å². The molecule has 0 spiro atoms. The monoisotopic (exact) mass is 214 g/mol. The predicted octanol–water partition coefficient (Wildman–Crippen LogP) is -0.778. The number of amides is 1. The number of nitrogens with one attached hydrogen (secondary N) is 1. The van der Waals surface area contributed by atoms with Crippen molar-refractivity contribution in [3.05, 3.63) is 0 Å². The molecule has 86 valence electrons. The molecule has 0 aromatic rings. The van der Waals surface area contributed by atoms with Crippen LogP contribution in [0.3, 0.4) is 0 Å². The lowest BCUT2D eigenvalue weighted by atomic mass is 10.2. The van der Waals surface area contributed by atoms with Gasteiger partial charge in [0.1, 0.15) is 6.10 Å². The van der Waals surface area contributed by atoms with Crippen molar-refractivity contribution >= 4 is 5.91 Å². The van der Waals surface area contributed by atoms with Crippen LogP contribution in [0.1, 0.15) is 6.42 Å². The van der Waals surface area contributed by atoms with Gasteiger partial charge >= 0.3 is 0 Å². The van der Waals surface area contributed by atoms with Gasteiger partial charge in [0, 0.05) is 26.7 Å². The van der Waals surface area contributed by atoms with Crippen LogP contribution in [0.25, 0.3) is 0 Å². The number of rotatable bonds is 2. The zero-order chi connectivity index (χ0) is 10.7. The third-order valence-electron chi connectivity index (χ3n) is 3.00. The molecule has 2 rings (SSSR count). The molecule has 0 bridgehead atoms. The van der Waals surface area contributed by atoms with Crippen LogP contribution >= 0.6 is 0 Å². The number of nitrogens with zero attached hydrogens (tertiary/aromatic N) is 1. The molecule has 1 N–H and O–H groups in total. The number of hydrogen-bond acceptors (Lipinski definition) is 4. The van der Waals surface area contributed by atoms with E-state index in [9.17, 15) is 4.79 Å². The van der Waals surface area contributed by atoms with Crippen molar-refractivity contribution in [1.29, 1.82) is 0 Å². The molecule has 0 aromatic carbocycles. The van der Waals surface area contributed by atoms with Crippen molar-refractivity contribution in [3.8, 4) is 0 Å². The number of carbonyl (C=O) groups is 1. The summed E-state index contributed by atoms with van der Waals surface area (Å²) in [5, 5.41) is 3.16. The first-order chi connectivity index (χ1) is 7.29. The molecule has 2 atom stereocenters. The average molecular weight is 214 g/mol. The van der Waals surface area contributed by atoms with Crippen molar-refractivity contribution in [1.82, 2.24) is 10.2 Å². The number of likely N-dealkylation sites (N-methyl/N-ethyl adjacent to an activating group) is 1. The molecule has 5 heteroatoms. The Kier molecular flexibility index (Phi) is 3.56. The molecule has 2 heterocycles. The Balaban J connectivity index is 1.87. The molecule has 2 aliphatic rings. The van der Waals surface area contributed by atoms with Crippen molar-refractivity contribution in [3.63, 3.8) is 0 Å². The van der Waals surface area contributed by atoms with Gasteiger partial charge in [0.2, 0.25) is 0 Å². The van der Waals surface area contributed by atoms with E-state index >= 15 is 0 Å². The molecule has 1 amide bonds. The molecule has 2 saturated heterocycles.